The van der Waals surface area contributed by atoms with Gasteiger partial charge in [0.05, 0.1) is 11.8 Å². The average molecular weight is 330 g/mol. The Kier molecular flexibility index (Phi) is 4.55. The summed E-state index contributed by atoms with van der Waals surface area (Å²) in [6.45, 7) is 3.17. The standard InChI is InChI=1S/C18H22N2O4/c1-12-4-2-6-15(8-12)20-11-14(9-16(20)21)17(22)19-7-3-5-13(10-19)18(23)24/h2,4,6,8,13-14H,3,5,7,9-11H2,1H3,(H,23,24)/t13-,14+/m0/s1. The summed E-state index contributed by atoms with van der Waals surface area (Å²) in [5.74, 6) is -1.87. The molecular weight excluding hydrogens is 308 g/mol. The van der Waals surface area contributed by atoms with Crippen molar-refractivity contribution in [1.29, 1.82) is 0 Å². The number of piperidine rings is 1. The lowest BCUT2D eigenvalue weighted by Gasteiger charge is -2.32. The van der Waals surface area contributed by atoms with Crippen LogP contribution in [-0.4, -0.2) is 47.4 Å². The van der Waals surface area contributed by atoms with Gasteiger partial charge in [-0.15, -0.1) is 0 Å². The first-order valence-corrected chi connectivity index (χ1v) is 8.34. The second-order valence-corrected chi connectivity index (χ2v) is 6.71. The van der Waals surface area contributed by atoms with Crippen LogP contribution in [0.4, 0.5) is 5.69 Å². The molecule has 0 saturated carbocycles. The molecule has 0 spiro atoms. The Morgan fingerprint density at radius 3 is 2.71 bits per heavy atom. The molecule has 0 radical (unpaired) electrons. The van der Waals surface area contributed by atoms with Crippen molar-refractivity contribution >= 4 is 23.5 Å². The van der Waals surface area contributed by atoms with Crippen LogP contribution in [-0.2, 0) is 14.4 Å². The van der Waals surface area contributed by atoms with Crippen molar-refractivity contribution in [3.05, 3.63) is 29.8 Å². The third-order valence-corrected chi connectivity index (χ3v) is 4.87. The maximum Gasteiger partial charge on any atom is 0.308 e. The van der Waals surface area contributed by atoms with Gasteiger partial charge < -0.3 is 14.9 Å². The quantitative estimate of drug-likeness (QED) is 0.914. The Balaban J connectivity index is 1.69. The van der Waals surface area contributed by atoms with Gasteiger partial charge in [0.2, 0.25) is 11.8 Å². The molecule has 0 unspecified atom stereocenters. The fourth-order valence-corrected chi connectivity index (χ4v) is 3.56. The molecule has 2 aliphatic rings. The number of hydrogen-bond donors (Lipinski definition) is 1. The first-order valence-electron chi connectivity index (χ1n) is 8.34. The summed E-state index contributed by atoms with van der Waals surface area (Å²) in [6.07, 6.45) is 1.50. The van der Waals surface area contributed by atoms with Crippen molar-refractivity contribution in [3.8, 4) is 0 Å². The number of aliphatic carboxylic acids is 1. The smallest absolute Gasteiger partial charge is 0.308 e. The van der Waals surface area contributed by atoms with E-state index in [-0.39, 0.29) is 30.7 Å². The Morgan fingerprint density at radius 2 is 2.00 bits per heavy atom. The molecule has 1 aromatic rings. The molecule has 2 heterocycles. The van der Waals surface area contributed by atoms with Crippen LogP contribution in [0.3, 0.4) is 0 Å². The molecule has 128 valence electrons. The predicted molar refractivity (Wildman–Crippen MR) is 88.6 cm³/mol. The first kappa shape index (κ1) is 16.5. The number of amides is 2. The van der Waals surface area contributed by atoms with Crippen LogP contribution in [0, 0.1) is 18.8 Å². The minimum Gasteiger partial charge on any atom is -0.481 e. The van der Waals surface area contributed by atoms with Gasteiger partial charge in [0.15, 0.2) is 0 Å². The Hall–Kier alpha value is -2.37. The summed E-state index contributed by atoms with van der Waals surface area (Å²) in [5.41, 5.74) is 1.88. The fraction of sp³-hybridized carbons (Fsp3) is 0.500. The monoisotopic (exact) mass is 330 g/mol. The zero-order chi connectivity index (χ0) is 17.3. The van der Waals surface area contributed by atoms with Crippen LogP contribution >= 0.6 is 0 Å². The van der Waals surface area contributed by atoms with E-state index in [1.165, 1.54) is 0 Å². The maximum absolute atomic E-state index is 12.7. The number of likely N-dealkylation sites (tertiary alicyclic amines) is 1. The van der Waals surface area contributed by atoms with Crippen LogP contribution < -0.4 is 4.90 Å². The number of anilines is 1. The molecule has 24 heavy (non-hydrogen) atoms. The van der Waals surface area contributed by atoms with Crippen LogP contribution in [0.25, 0.3) is 0 Å². The molecule has 6 heteroatoms. The van der Waals surface area contributed by atoms with Gasteiger partial charge in [-0.3, -0.25) is 14.4 Å². The van der Waals surface area contributed by atoms with Crippen molar-refractivity contribution in [2.45, 2.75) is 26.2 Å². The molecule has 0 aromatic heterocycles. The van der Waals surface area contributed by atoms with Gasteiger partial charge in [0.1, 0.15) is 0 Å². The maximum atomic E-state index is 12.7. The number of carbonyl (C=O) groups is 3. The number of carboxylic acids is 1. The van der Waals surface area contributed by atoms with Crippen LogP contribution in [0.2, 0.25) is 0 Å². The minimum absolute atomic E-state index is 0.0502. The zero-order valence-corrected chi connectivity index (χ0v) is 13.8. The lowest BCUT2D eigenvalue weighted by Crippen LogP contribution is -2.45. The summed E-state index contributed by atoms with van der Waals surface area (Å²) in [5, 5.41) is 9.16. The van der Waals surface area contributed by atoms with E-state index >= 15 is 0 Å². The SMILES string of the molecule is Cc1cccc(N2C[C@H](C(=O)N3CCC[C@H](C(=O)O)C3)CC2=O)c1. The summed E-state index contributed by atoms with van der Waals surface area (Å²) >= 11 is 0. The molecule has 1 aromatic carbocycles. The Bertz CT molecular complexity index is 673. The van der Waals surface area contributed by atoms with E-state index in [0.717, 1.165) is 11.3 Å². The van der Waals surface area contributed by atoms with Crippen LogP contribution in [0.15, 0.2) is 24.3 Å². The number of benzene rings is 1. The predicted octanol–water partition coefficient (Wildman–Crippen LogP) is 1.67. The lowest BCUT2D eigenvalue weighted by atomic mass is 9.96. The summed E-state index contributed by atoms with van der Waals surface area (Å²) in [4.78, 5) is 39.5. The molecular formula is C18H22N2O4. The lowest BCUT2D eigenvalue weighted by molar-refractivity contribution is -0.146. The van der Waals surface area contributed by atoms with Gasteiger partial charge in [-0.1, -0.05) is 12.1 Å². The molecule has 2 atom stereocenters. The molecule has 0 aliphatic carbocycles. The summed E-state index contributed by atoms with van der Waals surface area (Å²) < 4.78 is 0. The van der Waals surface area contributed by atoms with Gasteiger partial charge >= 0.3 is 5.97 Å². The zero-order valence-electron chi connectivity index (χ0n) is 13.8. The molecule has 2 aliphatic heterocycles. The van der Waals surface area contributed by atoms with E-state index in [4.69, 9.17) is 5.11 Å². The number of rotatable bonds is 3. The number of aryl methyl sites for hydroxylation is 1. The Morgan fingerprint density at radius 1 is 1.21 bits per heavy atom. The third-order valence-electron chi connectivity index (χ3n) is 4.87. The number of carbonyl (C=O) groups excluding carboxylic acids is 2. The van der Waals surface area contributed by atoms with Crippen molar-refractivity contribution in [1.82, 2.24) is 4.90 Å². The molecule has 3 rings (SSSR count). The highest BCUT2D eigenvalue weighted by Gasteiger charge is 2.39. The number of nitrogens with zero attached hydrogens (tertiary/aromatic N) is 2. The molecule has 2 amide bonds. The van der Waals surface area contributed by atoms with E-state index in [1.807, 2.05) is 31.2 Å². The molecule has 1 N–H and O–H groups in total. The van der Waals surface area contributed by atoms with E-state index in [9.17, 15) is 14.4 Å². The first-order chi connectivity index (χ1) is 11.5. The van der Waals surface area contributed by atoms with Crippen LogP contribution in [0.1, 0.15) is 24.8 Å². The van der Waals surface area contributed by atoms with Gasteiger partial charge in [0.25, 0.3) is 0 Å². The minimum atomic E-state index is -0.851. The number of hydrogen-bond acceptors (Lipinski definition) is 3. The average Bonchev–Trinajstić information content (AvgIpc) is 2.96. The van der Waals surface area contributed by atoms with Gasteiger partial charge in [0, 0.05) is 31.7 Å². The fourth-order valence-electron chi connectivity index (χ4n) is 3.56. The topological polar surface area (TPSA) is 77.9 Å². The largest absolute Gasteiger partial charge is 0.481 e. The molecule has 2 fully saturated rings. The second kappa shape index (κ2) is 6.63. The molecule has 6 nitrogen and oxygen atoms in total. The third kappa shape index (κ3) is 3.27. The summed E-state index contributed by atoms with van der Waals surface area (Å²) in [6, 6.07) is 7.67. The van der Waals surface area contributed by atoms with Crippen molar-refractivity contribution in [2.75, 3.05) is 24.5 Å². The van der Waals surface area contributed by atoms with E-state index in [2.05, 4.69) is 0 Å². The normalized spacial score (nSPS) is 24.3. The second-order valence-electron chi connectivity index (χ2n) is 6.71. The molecule has 2 saturated heterocycles. The van der Waals surface area contributed by atoms with Crippen molar-refractivity contribution < 1.29 is 19.5 Å². The van der Waals surface area contributed by atoms with Gasteiger partial charge in [-0.2, -0.15) is 0 Å². The van der Waals surface area contributed by atoms with Gasteiger partial charge in [-0.05, 0) is 37.5 Å². The highest BCUT2D eigenvalue weighted by atomic mass is 16.4. The van der Waals surface area contributed by atoms with E-state index in [1.54, 1.807) is 9.80 Å². The van der Waals surface area contributed by atoms with Crippen molar-refractivity contribution in [2.24, 2.45) is 11.8 Å². The van der Waals surface area contributed by atoms with E-state index < -0.39 is 11.9 Å². The summed E-state index contributed by atoms with van der Waals surface area (Å²) in [7, 11) is 0. The van der Waals surface area contributed by atoms with Crippen molar-refractivity contribution in [3.63, 3.8) is 0 Å². The van der Waals surface area contributed by atoms with Crippen LogP contribution in [0.5, 0.6) is 0 Å². The highest BCUT2D eigenvalue weighted by Crippen LogP contribution is 2.28. The molecule has 0 bridgehead atoms. The van der Waals surface area contributed by atoms with Gasteiger partial charge in [-0.25, -0.2) is 0 Å². The van der Waals surface area contributed by atoms with E-state index in [0.29, 0.717) is 25.9 Å². The Labute approximate surface area is 141 Å². The highest BCUT2D eigenvalue weighted by molar-refractivity contribution is 6.00. The number of carboxylic acid groups (broad SMARTS) is 1.